The average Bonchev–Trinajstić information content (AvgIpc) is 2.75. The summed E-state index contributed by atoms with van der Waals surface area (Å²) in [4.78, 5) is 15.7. The van der Waals surface area contributed by atoms with Crippen molar-refractivity contribution in [3.63, 3.8) is 0 Å². The van der Waals surface area contributed by atoms with Crippen molar-refractivity contribution in [1.82, 2.24) is 14.9 Å². The summed E-state index contributed by atoms with van der Waals surface area (Å²) in [6.07, 6.45) is 2.50. The lowest BCUT2D eigenvalue weighted by molar-refractivity contribution is -0.139. The van der Waals surface area contributed by atoms with Gasteiger partial charge in [0.15, 0.2) is 0 Å². The molecule has 21 heavy (non-hydrogen) atoms. The first-order chi connectivity index (χ1) is 10.0. The fourth-order valence-electron chi connectivity index (χ4n) is 2.31. The zero-order valence-corrected chi connectivity index (χ0v) is 13.0. The molecule has 6 heteroatoms. The van der Waals surface area contributed by atoms with Crippen LogP contribution < -0.4 is 5.32 Å². The maximum Gasteiger partial charge on any atom is 0.320 e. The van der Waals surface area contributed by atoms with Gasteiger partial charge in [-0.3, -0.25) is 10.1 Å². The third-order valence-corrected chi connectivity index (χ3v) is 3.82. The van der Waals surface area contributed by atoms with Crippen LogP contribution in [0.25, 0.3) is 11.0 Å². The van der Waals surface area contributed by atoms with Gasteiger partial charge in [-0.1, -0.05) is 31.4 Å². The van der Waals surface area contributed by atoms with Gasteiger partial charge in [0.2, 0.25) is 0 Å². The molecule has 0 aliphatic heterocycles. The summed E-state index contributed by atoms with van der Waals surface area (Å²) in [5.74, 6) is -0.0136. The first-order valence-electron chi connectivity index (χ1n) is 7.10. The molecule has 0 fully saturated rings. The molecular formula is C15H20ClN3O2. The summed E-state index contributed by atoms with van der Waals surface area (Å²) in [5.41, 5.74) is 1.80. The molecule has 0 saturated heterocycles. The number of imidazole rings is 1. The largest absolute Gasteiger partial charge is 0.480 e. The number of halogens is 1. The Labute approximate surface area is 128 Å². The van der Waals surface area contributed by atoms with Crippen molar-refractivity contribution in [3.8, 4) is 0 Å². The Hall–Kier alpha value is -1.59. The fraction of sp³-hybridized carbons (Fsp3) is 0.467. The van der Waals surface area contributed by atoms with Gasteiger partial charge in [0, 0.05) is 12.1 Å². The number of aromatic nitrogens is 2. The lowest BCUT2D eigenvalue weighted by Gasteiger charge is -2.13. The van der Waals surface area contributed by atoms with Gasteiger partial charge < -0.3 is 9.67 Å². The number of carboxylic acid groups (broad SMARTS) is 1. The van der Waals surface area contributed by atoms with Gasteiger partial charge in [-0.25, -0.2) is 4.98 Å². The van der Waals surface area contributed by atoms with E-state index in [1.54, 1.807) is 6.07 Å². The van der Waals surface area contributed by atoms with Crippen LogP contribution in [0.2, 0.25) is 5.02 Å². The van der Waals surface area contributed by atoms with Crippen LogP contribution in [-0.2, 0) is 18.4 Å². The number of nitrogens with one attached hydrogen (secondary N) is 1. The third kappa shape index (κ3) is 3.74. The third-order valence-electron chi connectivity index (χ3n) is 3.59. The van der Waals surface area contributed by atoms with E-state index in [-0.39, 0.29) is 0 Å². The van der Waals surface area contributed by atoms with Crippen LogP contribution in [0.1, 0.15) is 32.0 Å². The van der Waals surface area contributed by atoms with Crippen molar-refractivity contribution in [2.75, 3.05) is 0 Å². The van der Waals surface area contributed by atoms with Gasteiger partial charge in [-0.05, 0) is 24.6 Å². The second-order valence-corrected chi connectivity index (χ2v) is 5.57. The van der Waals surface area contributed by atoms with Gasteiger partial charge >= 0.3 is 5.97 Å². The van der Waals surface area contributed by atoms with Crippen molar-refractivity contribution < 1.29 is 9.90 Å². The number of rotatable bonds is 7. The molecule has 0 aliphatic rings. The Morgan fingerprint density at radius 1 is 1.52 bits per heavy atom. The van der Waals surface area contributed by atoms with Crippen LogP contribution in [0.5, 0.6) is 0 Å². The van der Waals surface area contributed by atoms with Crippen LogP contribution in [0.3, 0.4) is 0 Å². The molecule has 5 nitrogen and oxygen atoms in total. The van der Waals surface area contributed by atoms with E-state index in [1.807, 2.05) is 30.7 Å². The van der Waals surface area contributed by atoms with Gasteiger partial charge in [0.25, 0.3) is 0 Å². The van der Waals surface area contributed by atoms with Gasteiger partial charge in [-0.2, -0.15) is 0 Å². The van der Waals surface area contributed by atoms with E-state index in [0.717, 1.165) is 29.7 Å². The maximum atomic E-state index is 11.2. The topological polar surface area (TPSA) is 67.2 Å². The number of aryl methyl sites for hydroxylation is 1. The summed E-state index contributed by atoms with van der Waals surface area (Å²) < 4.78 is 1.94. The minimum Gasteiger partial charge on any atom is -0.480 e. The molecule has 114 valence electrons. The normalized spacial score (nSPS) is 12.7. The molecule has 2 rings (SSSR count). The van der Waals surface area contributed by atoms with Crippen LogP contribution in [-0.4, -0.2) is 26.7 Å². The Morgan fingerprint density at radius 2 is 2.29 bits per heavy atom. The average molecular weight is 310 g/mol. The van der Waals surface area contributed by atoms with E-state index < -0.39 is 12.0 Å². The molecule has 0 radical (unpaired) electrons. The monoisotopic (exact) mass is 309 g/mol. The number of fused-ring (bicyclic) bond motifs is 1. The van der Waals surface area contributed by atoms with Crippen LogP contribution in [0.4, 0.5) is 0 Å². The highest BCUT2D eigenvalue weighted by molar-refractivity contribution is 6.31. The van der Waals surface area contributed by atoms with Crippen LogP contribution in [0, 0.1) is 0 Å². The highest BCUT2D eigenvalue weighted by atomic mass is 35.5. The molecule has 1 aromatic heterocycles. The predicted molar refractivity (Wildman–Crippen MR) is 83.5 cm³/mol. The Morgan fingerprint density at radius 3 is 2.95 bits per heavy atom. The predicted octanol–water partition coefficient (Wildman–Crippen LogP) is 2.96. The fourth-order valence-corrected chi connectivity index (χ4v) is 2.47. The molecule has 0 spiro atoms. The molecule has 1 atom stereocenters. The van der Waals surface area contributed by atoms with E-state index in [2.05, 4.69) is 10.3 Å². The number of carboxylic acids is 1. The molecule has 1 aromatic carbocycles. The van der Waals surface area contributed by atoms with Crippen molar-refractivity contribution in [2.24, 2.45) is 7.05 Å². The van der Waals surface area contributed by atoms with Crippen molar-refractivity contribution in [3.05, 3.63) is 29.0 Å². The molecule has 0 amide bonds. The summed E-state index contributed by atoms with van der Waals surface area (Å²) in [5, 5.41) is 13.0. The minimum absolute atomic E-state index is 0.420. The maximum absolute atomic E-state index is 11.2. The Balaban J connectivity index is 2.12. The number of hydrogen-bond donors (Lipinski definition) is 2. The Bertz CT molecular complexity index is 639. The van der Waals surface area contributed by atoms with Gasteiger partial charge in [0.1, 0.15) is 11.9 Å². The quantitative estimate of drug-likeness (QED) is 0.825. The van der Waals surface area contributed by atoms with E-state index in [1.165, 1.54) is 0 Å². The van der Waals surface area contributed by atoms with Crippen molar-refractivity contribution >= 4 is 28.6 Å². The minimum atomic E-state index is -0.815. The SMILES string of the molecule is CCCCC(NCc1nc2ccc(Cl)cc2n1C)C(=O)O. The van der Waals surface area contributed by atoms with Crippen LogP contribution in [0.15, 0.2) is 18.2 Å². The van der Waals surface area contributed by atoms with Gasteiger partial charge in [0.05, 0.1) is 17.6 Å². The molecule has 1 unspecified atom stereocenters. The molecule has 0 aliphatic carbocycles. The van der Waals surface area contributed by atoms with Gasteiger partial charge in [-0.15, -0.1) is 0 Å². The number of carbonyl (C=O) groups is 1. The number of nitrogens with zero attached hydrogens (tertiary/aromatic N) is 2. The molecule has 0 saturated carbocycles. The standard InChI is InChI=1S/C15H20ClN3O2/c1-3-4-5-12(15(20)21)17-9-14-18-11-7-6-10(16)8-13(11)19(14)2/h6-8,12,17H,3-5,9H2,1-2H3,(H,20,21). The molecule has 2 N–H and O–H groups in total. The molecular weight excluding hydrogens is 290 g/mol. The second-order valence-electron chi connectivity index (χ2n) is 5.13. The molecule has 0 bridgehead atoms. The summed E-state index contributed by atoms with van der Waals surface area (Å²) in [6.45, 7) is 2.47. The number of hydrogen-bond acceptors (Lipinski definition) is 3. The first kappa shape index (κ1) is 15.8. The summed E-state index contributed by atoms with van der Waals surface area (Å²) in [7, 11) is 1.91. The molecule has 2 aromatic rings. The van der Waals surface area contributed by atoms with E-state index in [4.69, 9.17) is 11.6 Å². The molecule has 1 heterocycles. The van der Waals surface area contributed by atoms with Crippen molar-refractivity contribution in [1.29, 1.82) is 0 Å². The lowest BCUT2D eigenvalue weighted by atomic mass is 10.1. The number of unbranched alkanes of at least 4 members (excludes halogenated alkanes) is 1. The van der Waals surface area contributed by atoms with Crippen molar-refractivity contribution in [2.45, 2.75) is 38.8 Å². The van der Waals surface area contributed by atoms with Crippen LogP contribution >= 0.6 is 11.6 Å². The van der Waals surface area contributed by atoms with E-state index >= 15 is 0 Å². The van der Waals surface area contributed by atoms with E-state index in [9.17, 15) is 9.90 Å². The number of aliphatic carboxylic acids is 1. The number of benzene rings is 1. The smallest absolute Gasteiger partial charge is 0.320 e. The zero-order valence-electron chi connectivity index (χ0n) is 12.3. The van der Waals surface area contributed by atoms with E-state index in [0.29, 0.717) is 18.0 Å². The zero-order chi connectivity index (χ0) is 15.4. The lowest BCUT2D eigenvalue weighted by Crippen LogP contribution is -2.36. The summed E-state index contributed by atoms with van der Waals surface area (Å²) in [6, 6.07) is 5.00. The first-order valence-corrected chi connectivity index (χ1v) is 7.47. The Kier molecular flexibility index (Phi) is 5.20. The second kappa shape index (κ2) is 6.91. The highest BCUT2D eigenvalue weighted by Crippen LogP contribution is 2.19. The highest BCUT2D eigenvalue weighted by Gasteiger charge is 2.17. The summed E-state index contributed by atoms with van der Waals surface area (Å²) >= 11 is 5.99.